The largest absolute Gasteiger partial charge is 0.322 e. The van der Waals surface area contributed by atoms with E-state index in [9.17, 15) is 4.79 Å². The van der Waals surface area contributed by atoms with Crippen LogP contribution in [0.1, 0.15) is 13.8 Å². The van der Waals surface area contributed by atoms with E-state index < -0.39 is 0 Å². The van der Waals surface area contributed by atoms with E-state index in [0.29, 0.717) is 5.57 Å². The molecule has 2 nitrogen and oxygen atoms in total. The lowest BCUT2D eigenvalue weighted by atomic mass is 10.2. The van der Waals surface area contributed by atoms with Crippen LogP contribution in [0.2, 0.25) is 0 Å². The quantitative estimate of drug-likeness (QED) is 0.548. The third-order valence-corrected chi connectivity index (χ3v) is 1.93. The van der Waals surface area contributed by atoms with Crippen molar-refractivity contribution in [2.45, 2.75) is 13.8 Å². The number of hydrogen-bond acceptors (Lipinski definition) is 1. The van der Waals surface area contributed by atoms with Crippen molar-refractivity contribution in [2.75, 3.05) is 0 Å². The predicted molar refractivity (Wildman–Crippen MR) is 74.3 cm³/mol. The van der Waals surface area contributed by atoms with E-state index in [4.69, 9.17) is 0 Å². The summed E-state index contributed by atoms with van der Waals surface area (Å²) in [5.41, 5.74) is 1.25. The molecule has 0 spiro atoms. The van der Waals surface area contributed by atoms with Crippen molar-refractivity contribution >= 4 is 5.91 Å². The van der Waals surface area contributed by atoms with Gasteiger partial charge in [0.05, 0.1) is 0 Å². The summed E-state index contributed by atoms with van der Waals surface area (Å²) < 4.78 is 0. The third-order valence-electron chi connectivity index (χ3n) is 1.93. The first-order chi connectivity index (χ1) is 8.19. The van der Waals surface area contributed by atoms with Crippen molar-refractivity contribution in [1.82, 2.24) is 5.32 Å². The van der Waals surface area contributed by atoms with Crippen molar-refractivity contribution in [3.05, 3.63) is 73.0 Å². The highest BCUT2D eigenvalue weighted by Crippen LogP contribution is 2.00. The molecular weight excluding hydrogens is 210 g/mol. The van der Waals surface area contributed by atoms with E-state index in [-0.39, 0.29) is 5.91 Å². The Morgan fingerprint density at radius 1 is 1.18 bits per heavy atom. The lowest BCUT2D eigenvalue weighted by Gasteiger charge is -2.05. The summed E-state index contributed by atoms with van der Waals surface area (Å²) in [4.78, 5) is 11.8. The zero-order valence-electron chi connectivity index (χ0n) is 10.4. The van der Waals surface area contributed by atoms with E-state index >= 15 is 0 Å². The van der Waals surface area contributed by atoms with Gasteiger partial charge in [-0.05, 0) is 26.0 Å². The number of allylic oxidation sites excluding steroid dienone is 7. The molecule has 0 aromatic heterocycles. The van der Waals surface area contributed by atoms with Gasteiger partial charge in [-0.25, -0.2) is 0 Å². The van der Waals surface area contributed by atoms with E-state index in [1.54, 1.807) is 30.4 Å². The number of amides is 1. The summed E-state index contributed by atoms with van der Waals surface area (Å²) >= 11 is 0. The standard InChI is InChI=1S/C15H19NO/c1-5-9-11-13(7-3)15(17)16-14(8-4)12-10-6-2/h5-12H,2-3H2,1,4H3,(H,16,17)/b9-5-,12-10-,13-11+,14-8+. The van der Waals surface area contributed by atoms with Gasteiger partial charge >= 0.3 is 0 Å². The first-order valence-corrected chi connectivity index (χ1v) is 5.41. The van der Waals surface area contributed by atoms with Crippen LogP contribution in [0, 0.1) is 0 Å². The second-order valence-electron chi connectivity index (χ2n) is 3.14. The molecule has 0 aliphatic heterocycles. The minimum Gasteiger partial charge on any atom is -0.322 e. The van der Waals surface area contributed by atoms with E-state index in [1.165, 1.54) is 6.08 Å². The monoisotopic (exact) mass is 229 g/mol. The van der Waals surface area contributed by atoms with E-state index in [1.807, 2.05) is 26.0 Å². The van der Waals surface area contributed by atoms with Crippen molar-refractivity contribution in [3.63, 3.8) is 0 Å². The molecule has 0 aliphatic rings. The predicted octanol–water partition coefficient (Wildman–Crippen LogP) is 3.44. The summed E-state index contributed by atoms with van der Waals surface area (Å²) in [6, 6.07) is 0. The normalized spacial score (nSPS) is 13.1. The summed E-state index contributed by atoms with van der Waals surface area (Å²) in [7, 11) is 0. The van der Waals surface area contributed by atoms with Crippen LogP contribution >= 0.6 is 0 Å². The molecule has 1 amide bonds. The van der Waals surface area contributed by atoms with Crippen LogP contribution < -0.4 is 5.32 Å². The van der Waals surface area contributed by atoms with Crippen molar-refractivity contribution in [2.24, 2.45) is 0 Å². The maximum atomic E-state index is 11.8. The van der Waals surface area contributed by atoms with E-state index in [0.717, 1.165) is 5.70 Å². The Morgan fingerprint density at radius 2 is 1.88 bits per heavy atom. The smallest absolute Gasteiger partial charge is 0.255 e. The molecule has 2 heteroatoms. The topological polar surface area (TPSA) is 29.1 Å². The van der Waals surface area contributed by atoms with Crippen LogP contribution in [-0.4, -0.2) is 5.91 Å². The summed E-state index contributed by atoms with van der Waals surface area (Å²) in [5, 5.41) is 2.78. The average Bonchev–Trinajstić information content (AvgIpc) is 2.35. The van der Waals surface area contributed by atoms with Crippen LogP contribution in [0.25, 0.3) is 0 Å². The molecule has 0 saturated heterocycles. The van der Waals surface area contributed by atoms with Gasteiger partial charge in [0.25, 0.3) is 5.91 Å². The fraction of sp³-hybridized carbons (Fsp3) is 0.133. The lowest BCUT2D eigenvalue weighted by molar-refractivity contribution is -0.116. The summed E-state index contributed by atoms with van der Waals surface area (Å²) in [6.07, 6.45) is 13.9. The van der Waals surface area contributed by atoms with Crippen LogP contribution in [0.4, 0.5) is 0 Å². The van der Waals surface area contributed by atoms with Gasteiger partial charge in [0.15, 0.2) is 0 Å². The van der Waals surface area contributed by atoms with Gasteiger partial charge in [0.2, 0.25) is 0 Å². The Labute approximate surface area is 103 Å². The lowest BCUT2D eigenvalue weighted by Crippen LogP contribution is -2.22. The van der Waals surface area contributed by atoms with Crippen LogP contribution in [0.5, 0.6) is 0 Å². The molecule has 0 heterocycles. The zero-order valence-corrected chi connectivity index (χ0v) is 10.4. The van der Waals surface area contributed by atoms with Gasteiger partial charge in [-0.3, -0.25) is 4.79 Å². The molecule has 0 aromatic carbocycles. The number of hydrogen-bond donors (Lipinski definition) is 1. The zero-order chi connectivity index (χ0) is 13.1. The highest BCUT2D eigenvalue weighted by atomic mass is 16.1. The fourth-order valence-electron chi connectivity index (χ4n) is 1.02. The number of carbonyl (C=O) groups is 1. The van der Waals surface area contributed by atoms with Gasteiger partial charge in [-0.2, -0.15) is 0 Å². The molecule has 1 N–H and O–H groups in total. The molecular formula is C15H19NO. The molecule has 0 saturated carbocycles. The van der Waals surface area contributed by atoms with Crippen LogP contribution in [0.3, 0.4) is 0 Å². The molecule has 0 bridgehead atoms. The van der Waals surface area contributed by atoms with Gasteiger partial charge in [0, 0.05) is 11.3 Å². The number of nitrogens with one attached hydrogen (secondary N) is 1. The second kappa shape index (κ2) is 9.16. The Balaban J connectivity index is 4.76. The molecule has 0 radical (unpaired) electrons. The Bertz CT molecular complexity index is 395. The molecule has 0 aliphatic carbocycles. The van der Waals surface area contributed by atoms with Gasteiger partial charge in [-0.1, -0.05) is 49.6 Å². The third kappa shape index (κ3) is 6.15. The van der Waals surface area contributed by atoms with Gasteiger partial charge < -0.3 is 5.32 Å². The summed E-state index contributed by atoms with van der Waals surface area (Å²) in [5.74, 6) is -0.181. The fourth-order valence-corrected chi connectivity index (χ4v) is 1.02. The van der Waals surface area contributed by atoms with Crippen molar-refractivity contribution < 1.29 is 4.79 Å². The summed E-state index contributed by atoms with van der Waals surface area (Å²) in [6.45, 7) is 10.9. The minimum atomic E-state index is -0.181. The maximum absolute atomic E-state index is 11.8. The van der Waals surface area contributed by atoms with Crippen molar-refractivity contribution in [1.29, 1.82) is 0 Å². The Hall–Kier alpha value is -2.09. The SMILES string of the molecule is C=C/C=C\C(=C/C)NC(=O)/C(C=C)=C/C=C\C. The number of carbonyl (C=O) groups excluding carboxylic acids is 1. The molecule has 17 heavy (non-hydrogen) atoms. The average molecular weight is 229 g/mol. The van der Waals surface area contributed by atoms with Crippen LogP contribution in [-0.2, 0) is 4.79 Å². The van der Waals surface area contributed by atoms with Crippen LogP contribution in [0.15, 0.2) is 73.0 Å². The minimum absolute atomic E-state index is 0.181. The maximum Gasteiger partial charge on any atom is 0.255 e. The Morgan fingerprint density at radius 3 is 2.35 bits per heavy atom. The first kappa shape index (κ1) is 14.9. The molecule has 0 unspecified atom stereocenters. The molecule has 0 fully saturated rings. The highest BCUT2D eigenvalue weighted by molar-refractivity contribution is 5.97. The van der Waals surface area contributed by atoms with Gasteiger partial charge in [-0.15, -0.1) is 0 Å². The molecule has 90 valence electrons. The van der Waals surface area contributed by atoms with Gasteiger partial charge in [0.1, 0.15) is 0 Å². The van der Waals surface area contributed by atoms with Crippen molar-refractivity contribution in [3.8, 4) is 0 Å². The first-order valence-electron chi connectivity index (χ1n) is 5.41. The number of rotatable bonds is 6. The molecule has 0 rings (SSSR count). The molecule has 0 atom stereocenters. The molecule has 0 aromatic rings. The highest BCUT2D eigenvalue weighted by Gasteiger charge is 2.04. The Kier molecular flexibility index (Phi) is 8.03. The van der Waals surface area contributed by atoms with E-state index in [2.05, 4.69) is 18.5 Å². The second-order valence-corrected chi connectivity index (χ2v) is 3.14.